The largest absolute Gasteiger partial charge is 0.465 e. The molecule has 9 heteroatoms. The minimum absolute atomic E-state index is 0.298. The summed E-state index contributed by atoms with van der Waals surface area (Å²) >= 11 is 0. The Morgan fingerprint density at radius 3 is 2.41 bits per heavy atom. The summed E-state index contributed by atoms with van der Waals surface area (Å²) in [5.74, 6) is 0.584. The van der Waals surface area contributed by atoms with Crippen molar-refractivity contribution in [3.63, 3.8) is 0 Å². The number of furan rings is 1. The number of halogens is 3. The minimum atomic E-state index is -4.53. The van der Waals surface area contributed by atoms with Crippen LogP contribution in [0.25, 0.3) is 0 Å². The molecule has 0 aromatic carbocycles. The van der Waals surface area contributed by atoms with E-state index in [0.29, 0.717) is 11.5 Å². The maximum atomic E-state index is 11.9. The summed E-state index contributed by atoms with van der Waals surface area (Å²) in [5.41, 5.74) is 0. The highest BCUT2D eigenvalue weighted by Crippen LogP contribution is 2.16. The van der Waals surface area contributed by atoms with E-state index in [9.17, 15) is 22.8 Å². The molecule has 22 heavy (non-hydrogen) atoms. The van der Waals surface area contributed by atoms with Crippen LogP contribution < -0.4 is 16.0 Å². The predicted molar refractivity (Wildman–Crippen MR) is 72.1 cm³/mol. The highest BCUT2D eigenvalue weighted by molar-refractivity contribution is 5.96. The van der Waals surface area contributed by atoms with E-state index in [-0.39, 0.29) is 6.04 Å². The molecule has 0 radical (unpaired) electrons. The van der Waals surface area contributed by atoms with Gasteiger partial charge in [0.1, 0.15) is 18.1 Å². The molecule has 0 fully saturated rings. The van der Waals surface area contributed by atoms with Gasteiger partial charge in [-0.25, -0.2) is 4.79 Å². The number of aryl methyl sites for hydroxylation is 1. The van der Waals surface area contributed by atoms with Crippen molar-refractivity contribution >= 4 is 11.9 Å². The quantitative estimate of drug-likeness (QED) is 0.775. The molecule has 2 atom stereocenters. The van der Waals surface area contributed by atoms with Crippen LogP contribution in [-0.2, 0) is 4.79 Å². The van der Waals surface area contributed by atoms with Crippen LogP contribution in [0.1, 0.15) is 31.4 Å². The van der Waals surface area contributed by atoms with Crippen LogP contribution in [0, 0.1) is 6.92 Å². The number of rotatable bonds is 5. The topological polar surface area (TPSA) is 83.4 Å². The van der Waals surface area contributed by atoms with Crippen molar-refractivity contribution < 1.29 is 27.2 Å². The molecular weight excluding hydrogens is 303 g/mol. The van der Waals surface area contributed by atoms with Crippen LogP contribution in [0.2, 0.25) is 0 Å². The first kappa shape index (κ1) is 18.0. The summed E-state index contributed by atoms with van der Waals surface area (Å²) in [4.78, 5) is 22.9. The molecule has 3 N–H and O–H groups in total. The Morgan fingerprint density at radius 1 is 1.27 bits per heavy atom. The minimum Gasteiger partial charge on any atom is -0.465 e. The van der Waals surface area contributed by atoms with Gasteiger partial charge in [0, 0.05) is 0 Å². The third-order valence-electron chi connectivity index (χ3n) is 2.77. The first-order valence-corrected chi connectivity index (χ1v) is 6.56. The SMILES string of the molecule is Cc1ccc([C@@H](C)N[C@@H](C)C(=O)NC(=O)NCC(F)(F)F)o1. The van der Waals surface area contributed by atoms with Gasteiger partial charge in [-0.3, -0.25) is 15.4 Å². The fourth-order valence-corrected chi connectivity index (χ4v) is 1.66. The van der Waals surface area contributed by atoms with Crippen LogP contribution in [0.5, 0.6) is 0 Å². The Balaban J connectivity index is 2.43. The highest BCUT2D eigenvalue weighted by Gasteiger charge is 2.28. The summed E-state index contributed by atoms with van der Waals surface area (Å²) in [6, 6.07) is 1.22. The van der Waals surface area contributed by atoms with Gasteiger partial charge in [0.25, 0.3) is 0 Å². The van der Waals surface area contributed by atoms with E-state index in [1.165, 1.54) is 6.92 Å². The summed E-state index contributed by atoms with van der Waals surface area (Å²) in [6.45, 7) is 3.51. The molecule has 0 bridgehead atoms. The average Bonchev–Trinajstić information content (AvgIpc) is 2.82. The predicted octanol–water partition coefficient (Wildman–Crippen LogP) is 2.02. The van der Waals surface area contributed by atoms with E-state index in [4.69, 9.17) is 4.42 Å². The van der Waals surface area contributed by atoms with Gasteiger partial charge in [-0.1, -0.05) is 0 Å². The summed E-state index contributed by atoms with van der Waals surface area (Å²) in [5, 5.41) is 6.27. The molecular formula is C13H18F3N3O3. The van der Waals surface area contributed by atoms with Crippen LogP contribution in [-0.4, -0.2) is 30.7 Å². The number of hydrogen-bond donors (Lipinski definition) is 3. The molecule has 0 saturated carbocycles. The summed E-state index contributed by atoms with van der Waals surface area (Å²) < 4.78 is 41.2. The third kappa shape index (κ3) is 6.17. The first-order chi connectivity index (χ1) is 10.1. The lowest BCUT2D eigenvalue weighted by atomic mass is 10.2. The maximum absolute atomic E-state index is 11.9. The zero-order valence-electron chi connectivity index (χ0n) is 12.4. The third-order valence-corrected chi connectivity index (χ3v) is 2.77. The second kappa shape index (κ2) is 7.30. The Labute approximate surface area is 125 Å². The Bertz CT molecular complexity index is 528. The second-order valence-electron chi connectivity index (χ2n) is 4.85. The van der Waals surface area contributed by atoms with Gasteiger partial charge in [-0.2, -0.15) is 13.2 Å². The molecule has 1 aromatic rings. The van der Waals surface area contributed by atoms with Gasteiger partial charge in [0.05, 0.1) is 12.1 Å². The number of alkyl halides is 3. The van der Waals surface area contributed by atoms with E-state index >= 15 is 0 Å². The number of carbonyl (C=O) groups excluding carboxylic acids is 2. The van der Waals surface area contributed by atoms with Crippen molar-refractivity contribution in [3.8, 4) is 0 Å². The zero-order valence-corrected chi connectivity index (χ0v) is 12.4. The monoisotopic (exact) mass is 321 g/mol. The number of nitrogens with one attached hydrogen (secondary N) is 3. The van der Waals surface area contributed by atoms with E-state index in [0.717, 1.165) is 0 Å². The fraction of sp³-hybridized carbons (Fsp3) is 0.538. The molecule has 3 amide bonds. The summed E-state index contributed by atoms with van der Waals surface area (Å²) in [7, 11) is 0. The molecule has 124 valence electrons. The lowest BCUT2D eigenvalue weighted by Crippen LogP contribution is -2.49. The van der Waals surface area contributed by atoms with Crippen molar-refractivity contribution in [2.75, 3.05) is 6.54 Å². The van der Waals surface area contributed by atoms with Crippen LogP contribution in [0.4, 0.5) is 18.0 Å². The smallest absolute Gasteiger partial charge is 0.405 e. The molecule has 1 aromatic heterocycles. The van der Waals surface area contributed by atoms with Gasteiger partial charge in [0.15, 0.2) is 0 Å². The molecule has 1 heterocycles. The Kier molecular flexibility index (Phi) is 5.98. The molecule has 0 unspecified atom stereocenters. The van der Waals surface area contributed by atoms with Crippen molar-refractivity contribution in [2.45, 2.75) is 39.0 Å². The average molecular weight is 321 g/mol. The molecule has 0 aliphatic carbocycles. The van der Waals surface area contributed by atoms with Crippen molar-refractivity contribution in [1.29, 1.82) is 0 Å². The molecule has 0 aliphatic rings. The van der Waals surface area contributed by atoms with E-state index < -0.39 is 30.7 Å². The van der Waals surface area contributed by atoms with Gasteiger partial charge in [-0.05, 0) is 32.9 Å². The molecule has 0 aliphatic heterocycles. The number of urea groups is 1. The lowest BCUT2D eigenvalue weighted by Gasteiger charge is -2.18. The molecule has 0 saturated heterocycles. The van der Waals surface area contributed by atoms with Crippen molar-refractivity contribution in [2.24, 2.45) is 0 Å². The maximum Gasteiger partial charge on any atom is 0.405 e. The molecule has 6 nitrogen and oxygen atoms in total. The number of carbonyl (C=O) groups is 2. The van der Waals surface area contributed by atoms with Crippen LogP contribution in [0.3, 0.4) is 0 Å². The molecule has 1 rings (SSSR count). The van der Waals surface area contributed by atoms with Gasteiger partial charge in [0.2, 0.25) is 5.91 Å². The molecule has 0 spiro atoms. The van der Waals surface area contributed by atoms with Crippen LogP contribution >= 0.6 is 0 Å². The van der Waals surface area contributed by atoms with Gasteiger partial charge >= 0.3 is 12.2 Å². The normalized spacial score (nSPS) is 14.3. The van der Waals surface area contributed by atoms with Crippen molar-refractivity contribution in [1.82, 2.24) is 16.0 Å². The van der Waals surface area contributed by atoms with E-state index in [1.54, 1.807) is 31.3 Å². The number of hydrogen-bond acceptors (Lipinski definition) is 4. The van der Waals surface area contributed by atoms with Gasteiger partial charge < -0.3 is 9.73 Å². The Morgan fingerprint density at radius 2 is 1.91 bits per heavy atom. The van der Waals surface area contributed by atoms with Crippen molar-refractivity contribution in [3.05, 3.63) is 23.7 Å². The highest BCUT2D eigenvalue weighted by atomic mass is 19.4. The van der Waals surface area contributed by atoms with Crippen LogP contribution in [0.15, 0.2) is 16.5 Å². The second-order valence-corrected chi connectivity index (χ2v) is 4.85. The van der Waals surface area contributed by atoms with E-state index in [2.05, 4.69) is 5.32 Å². The van der Waals surface area contributed by atoms with Gasteiger partial charge in [-0.15, -0.1) is 0 Å². The fourth-order valence-electron chi connectivity index (χ4n) is 1.66. The lowest BCUT2D eigenvalue weighted by molar-refractivity contribution is -0.125. The first-order valence-electron chi connectivity index (χ1n) is 6.56. The van der Waals surface area contributed by atoms with E-state index in [1.807, 2.05) is 5.32 Å². The zero-order chi connectivity index (χ0) is 16.9. The number of imide groups is 1. The standard InChI is InChI=1S/C13H18F3N3O3/c1-7-4-5-10(22-7)8(2)18-9(3)11(20)19-12(21)17-6-13(14,15)16/h4-5,8-9,18H,6H2,1-3H3,(H2,17,19,20,21)/t8-,9+/m1/s1. The number of amides is 3. The Hall–Kier alpha value is -2.03. The summed E-state index contributed by atoms with van der Waals surface area (Å²) in [6.07, 6.45) is -4.53.